The van der Waals surface area contributed by atoms with Crippen molar-refractivity contribution in [1.82, 2.24) is 5.32 Å². The molecule has 108 valence electrons. The van der Waals surface area contributed by atoms with Crippen molar-refractivity contribution in [3.8, 4) is 5.75 Å². The van der Waals surface area contributed by atoms with Gasteiger partial charge in [0.2, 0.25) is 0 Å². The van der Waals surface area contributed by atoms with Crippen molar-refractivity contribution in [3.63, 3.8) is 0 Å². The van der Waals surface area contributed by atoms with E-state index in [1.807, 2.05) is 18.2 Å². The number of aryl methyl sites for hydroxylation is 1. The molecule has 0 amide bonds. The Morgan fingerprint density at radius 1 is 1.32 bits per heavy atom. The van der Waals surface area contributed by atoms with Gasteiger partial charge in [0.25, 0.3) is 0 Å². The molecule has 1 aromatic rings. The fourth-order valence-electron chi connectivity index (χ4n) is 1.75. The van der Waals surface area contributed by atoms with Crippen LogP contribution in [0.25, 0.3) is 0 Å². The van der Waals surface area contributed by atoms with Crippen molar-refractivity contribution in [2.24, 2.45) is 0 Å². The quantitative estimate of drug-likeness (QED) is 0.557. The number of sulfone groups is 1. The van der Waals surface area contributed by atoms with Crippen molar-refractivity contribution in [2.45, 2.75) is 26.2 Å². The number of rotatable bonds is 9. The molecule has 0 saturated carbocycles. The molecule has 5 heteroatoms. The zero-order valence-electron chi connectivity index (χ0n) is 11.7. The van der Waals surface area contributed by atoms with Crippen LogP contribution in [-0.2, 0) is 16.3 Å². The van der Waals surface area contributed by atoms with E-state index in [-0.39, 0.29) is 5.75 Å². The monoisotopic (exact) mass is 285 g/mol. The molecule has 0 aliphatic heterocycles. The average Bonchev–Trinajstić information content (AvgIpc) is 2.33. The van der Waals surface area contributed by atoms with Crippen LogP contribution in [-0.4, -0.2) is 33.7 Å². The molecule has 0 heterocycles. The first-order chi connectivity index (χ1) is 9.01. The molecule has 0 unspecified atom stereocenters. The smallest absolute Gasteiger partial charge is 0.147 e. The predicted octanol–water partition coefficient (Wildman–Crippen LogP) is 2.00. The Morgan fingerprint density at radius 2 is 2.11 bits per heavy atom. The van der Waals surface area contributed by atoms with Gasteiger partial charge in [-0.05, 0) is 37.1 Å². The van der Waals surface area contributed by atoms with E-state index in [9.17, 15) is 8.42 Å². The van der Waals surface area contributed by atoms with Gasteiger partial charge in [0.05, 0.1) is 5.75 Å². The second kappa shape index (κ2) is 8.17. The van der Waals surface area contributed by atoms with Gasteiger partial charge in [0.15, 0.2) is 0 Å². The summed E-state index contributed by atoms with van der Waals surface area (Å²) < 4.78 is 27.4. The highest BCUT2D eigenvalue weighted by atomic mass is 32.2. The third kappa shape index (κ3) is 7.85. The number of ether oxygens (including phenoxy) is 1. The van der Waals surface area contributed by atoms with Crippen LogP contribution in [0.1, 0.15) is 25.3 Å². The summed E-state index contributed by atoms with van der Waals surface area (Å²) in [5, 5.41) is 3.07. The third-order valence-corrected chi connectivity index (χ3v) is 3.68. The Balaban J connectivity index is 2.20. The van der Waals surface area contributed by atoms with Gasteiger partial charge in [0.1, 0.15) is 22.3 Å². The van der Waals surface area contributed by atoms with Crippen LogP contribution in [0.3, 0.4) is 0 Å². The number of benzene rings is 1. The molecule has 0 aliphatic rings. The van der Waals surface area contributed by atoms with Crippen molar-refractivity contribution < 1.29 is 13.2 Å². The lowest BCUT2D eigenvalue weighted by Gasteiger charge is -2.09. The zero-order chi connectivity index (χ0) is 14.1. The first kappa shape index (κ1) is 16.0. The zero-order valence-corrected chi connectivity index (χ0v) is 12.5. The Kier molecular flexibility index (Phi) is 6.87. The van der Waals surface area contributed by atoms with E-state index >= 15 is 0 Å². The molecule has 0 fully saturated rings. The van der Waals surface area contributed by atoms with Crippen molar-refractivity contribution >= 4 is 9.84 Å². The Bertz CT molecular complexity index is 471. The van der Waals surface area contributed by atoms with E-state index in [1.165, 1.54) is 11.8 Å². The van der Waals surface area contributed by atoms with Crippen LogP contribution in [0.5, 0.6) is 5.75 Å². The van der Waals surface area contributed by atoms with Crippen molar-refractivity contribution in [3.05, 3.63) is 29.8 Å². The third-order valence-electron chi connectivity index (χ3n) is 2.65. The minimum atomic E-state index is -2.86. The first-order valence-corrected chi connectivity index (χ1v) is 8.67. The summed E-state index contributed by atoms with van der Waals surface area (Å²) in [5.41, 5.74) is 1.28. The van der Waals surface area contributed by atoms with Crippen LogP contribution in [0, 0.1) is 0 Å². The summed E-state index contributed by atoms with van der Waals surface area (Å²) >= 11 is 0. The molecule has 1 rings (SSSR count). The summed E-state index contributed by atoms with van der Waals surface area (Å²) in [6.07, 6.45) is 4.03. The molecule has 1 aromatic carbocycles. The molecule has 0 atom stereocenters. The normalized spacial score (nSPS) is 11.5. The standard InChI is InChI=1S/C14H23NO3S/c1-3-6-13-7-4-8-14(11-13)18-12-15-9-5-10-19(2,16)17/h4,7-8,11,15H,3,5-6,9-10,12H2,1-2H3. The van der Waals surface area contributed by atoms with Crippen LogP contribution in [0.15, 0.2) is 24.3 Å². The summed E-state index contributed by atoms with van der Waals surface area (Å²) in [6.45, 7) is 3.19. The van der Waals surface area contributed by atoms with Gasteiger partial charge >= 0.3 is 0 Å². The van der Waals surface area contributed by atoms with Crippen LogP contribution in [0.2, 0.25) is 0 Å². The lowest BCUT2D eigenvalue weighted by atomic mass is 10.1. The molecular formula is C14H23NO3S. The summed E-state index contributed by atoms with van der Waals surface area (Å²) in [5.74, 6) is 1.06. The second-order valence-corrected chi connectivity index (χ2v) is 6.93. The van der Waals surface area contributed by atoms with Gasteiger partial charge in [-0.15, -0.1) is 0 Å². The first-order valence-electron chi connectivity index (χ1n) is 6.61. The SMILES string of the molecule is CCCc1cccc(OCNCCCS(C)(=O)=O)c1. The molecule has 0 bridgehead atoms. The number of nitrogens with one attached hydrogen (secondary N) is 1. The van der Waals surface area contributed by atoms with E-state index in [0.717, 1.165) is 18.6 Å². The second-order valence-electron chi connectivity index (χ2n) is 4.67. The maximum atomic E-state index is 10.9. The summed E-state index contributed by atoms with van der Waals surface area (Å²) in [6, 6.07) is 8.05. The number of hydrogen-bond acceptors (Lipinski definition) is 4. The van der Waals surface area contributed by atoms with Gasteiger partial charge in [0, 0.05) is 6.26 Å². The van der Waals surface area contributed by atoms with Gasteiger partial charge in [-0.3, -0.25) is 5.32 Å². The van der Waals surface area contributed by atoms with Gasteiger partial charge in [-0.2, -0.15) is 0 Å². The molecule has 4 nitrogen and oxygen atoms in total. The van der Waals surface area contributed by atoms with Crippen molar-refractivity contribution in [2.75, 3.05) is 25.3 Å². The molecule has 0 spiro atoms. The molecule has 0 aromatic heterocycles. The largest absolute Gasteiger partial charge is 0.478 e. The lowest BCUT2D eigenvalue weighted by Crippen LogP contribution is -2.23. The van der Waals surface area contributed by atoms with Crippen LogP contribution in [0.4, 0.5) is 0 Å². The topological polar surface area (TPSA) is 55.4 Å². The van der Waals surface area contributed by atoms with E-state index < -0.39 is 9.84 Å². The van der Waals surface area contributed by atoms with Gasteiger partial charge in [-0.1, -0.05) is 25.5 Å². The molecular weight excluding hydrogens is 262 g/mol. The predicted molar refractivity (Wildman–Crippen MR) is 78.3 cm³/mol. The lowest BCUT2D eigenvalue weighted by molar-refractivity contribution is 0.284. The van der Waals surface area contributed by atoms with Crippen LogP contribution < -0.4 is 10.1 Å². The molecule has 0 aliphatic carbocycles. The fraction of sp³-hybridized carbons (Fsp3) is 0.571. The van der Waals surface area contributed by atoms with Crippen LogP contribution >= 0.6 is 0 Å². The maximum Gasteiger partial charge on any atom is 0.147 e. The van der Waals surface area contributed by atoms with E-state index in [4.69, 9.17) is 4.74 Å². The Hall–Kier alpha value is -1.07. The maximum absolute atomic E-state index is 10.9. The summed E-state index contributed by atoms with van der Waals surface area (Å²) in [4.78, 5) is 0. The minimum Gasteiger partial charge on any atom is -0.478 e. The Morgan fingerprint density at radius 3 is 2.79 bits per heavy atom. The van der Waals surface area contributed by atoms with Gasteiger partial charge < -0.3 is 4.74 Å². The highest BCUT2D eigenvalue weighted by molar-refractivity contribution is 7.90. The number of hydrogen-bond donors (Lipinski definition) is 1. The average molecular weight is 285 g/mol. The molecule has 19 heavy (non-hydrogen) atoms. The Labute approximate surface area is 116 Å². The van der Waals surface area contributed by atoms with E-state index in [2.05, 4.69) is 18.3 Å². The molecule has 0 saturated heterocycles. The van der Waals surface area contributed by atoms with E-state index in [0.29, 0.717) is 19.7 Å². The molecule has 0 radical (unpaired) electrons. The highest BCUT2D eigenvalue weighted by Gasteiger charge is 2.01. The van der Waals surface area contributed by atoms with Crippen molar-refractivity contribution in [1.29, 1.82) is 0 Å². The fourth-order valence-corrected chi connectivity index (χ4v) is 2.41. The minimum absolute atomic E-state index is 0.214. The van der Waals surface area contributed by atoms with Gasteiger partial charge in [-0.25, -0.2) is 8.42 Å². The van der Waals surface area contributed by atoms with E-state index in [1.54, 1.807) is 0 Å². The highest BCUT2D eigenvalue weighted by Crippen LogP contribution is 2.14. The summed E-state index contributed by atoms with van der Waals surface area (Å²) in [7, 11) is -2.86. The molecule has 1 N–H and O–H groups in total.